The van der Waals surface area contributed by atoms with Crippen LogP contribution in [0.15, 0.2) is 0 Å². The second-order valence-corrected chi connectivity index (χ2v) is 5.45. The van der Waals surface area contributed by atoms with Gasteiger partial charge in [-0.2, -0.15) is 11.8 Å². The molecule has 0 amide bonds. The minimum atomic E-state index is -0.254. The molecule has 0 rings (SSSR count). The summed E-state index contributed by atoms with van der Waals surface area (Å²) in [7, 11) is 2.06. The van der Waals surface area contributed by atoms with E-state index < -0.39 is 0 Å². The Morgan fingerprint density at radius 2 is 2.00 bits per heavy atom. The van der Waals surface area contributed by atoms with Crippen molar-refractivity contribution >= 4 is 11.8 Å². The molecule has 1 atom stereocenters. The van der Waals surface area contributed by atoms with Gasteiger partial charge in [0.05, 0.1) is 6.10 Å². The predicted molar refractivity (Wildman–Crippen MR) is 69.6 cm³/mol. The summed E-state index contributed by atoms with van der Waals surface area (Å²) in [5.74, 6) is 1.77. The Hall–Kier alpha value is 0.230. The normalized spacial score (nSPS) is 13.8. The summed E-state index contributed by atoms with van der Waals surface area (Å²) in [5.41, 5.74) is 0. The van der Waals surface area contributed by atoms with E-state index in [1.54, 1.807) is 0 Å². The topological polar surface area (TPSA) is 35.5 Å². The second-order valence-electron chi connectivity index (χ2n) is 4.46. The number of nitrogens with zero attached hydrogens (tertiary/aromatic N) is 1. The Balaban J connectivity index is 3.42. The summed E-state index contributed by atoms with van der Waals surface area (Å²) in [5, 5.41) is 13.0. The van der Waals surface area contributed by atoms with Crippen LogP contribution in [0.25, 0.3) is 0 Å². The zero-order valence-electron chi connectivity index (χ0n) is 10.5. The highest BCUT2D eigenvalue weighted by Crippen LogP contribution is 1.95. The van der Waals surface area contributed by atoms with Gasteiger partial charge in [0.25, 0.3) is 0 Å². The van der Waals surface area contributed by atoms with Crippen LogP contribution in [0.3, 0.4) is 0 Å². The Kier molecular flexibility index (Phi) is 9.60. The highest BCUT2D eigenvalue weighted by molar-refractivity contribution is 7.98. The molecular weight excluding hydrogens is 208 g/mol. The highest BCUT2D eigenvalue weighted by atomic mass is 32.2. The first-order chi connectivity index (χ1) is 7.06. The lowest BCUT2D eigenvalue weighted by molar-refractivity contribution is 0.126. The predicted octanol–water partition coefficient (Wildman–Crippen LogP) is 0.888. The molecule has 0 aromatic heterocycles. The van der Waals surface area contributed by atoms with Crippen LogP contribution < -0.4 is 5.32 Å². The smallest absolute Gasteiger partial charge is 0.0791 e. The Morgan fingerprint density at radius 3 is 2.53 bits per heavy atom. The lowest BCUT2D eigenvalue weighted by atomic mass is 10.2. The molecule has 0 radical (unpaired) electrons. The summed E-state index contributed by atoms with van der Waals surface area (Å²) in [6, 6.07) is 0. The maximum atomic E-state index is 9.72. The monoisotopic (exact) mass is 234 g/mol. The number of hydrogen-bond acceptors (Lipinski definition) is 4. The number of nitrogens with one attached hydrogen (secondary N) is 1. The molecule has 0 bridgehead atoms. The fourth-order valence-corrected chi connectivity index (χ4v) is 1.80. The van der Waals surface area contributed by atoms with Gasteiger partial charge in [0.15, 0.2) is 0 Å². The minimum Gasteiger partial charge on any atom is -0.390 e. The fourth-order valence-electron chi connectivity index (χ4n) is 1.30. The van der Waals surface area contributed by atoms with Crippen LogP contribution in [0.1, 0.15) is 13.8 Å². The van der Waals surface area contributed by atoms with Gasteiger partial charge >= 0.3 is 0 Å². The summed E-state index contributed by atoms with van der Waals surface area (Å²) in [6.45, 7) is 7.81. The molecule has 0 aromatic carbocycles. The van der Waals surface area contributed by atoms with Gasteiger partial charge in [0.2, 0.25) is 0 Å². The van der Waals surface area contributed by atoms with Gasteiger partial charge in [-0.15, -0.1) is 0 Å². The van der Waals surface area contributed by atoms with Crippen molar-refractivity contribution in [3.8, 4) is 0 Å². The number of aliphatic hydroxyl groups is 1. The largest absolute Gasteiger partial charge is 0.390 e. The molecule has 0 heterocycles. The SMILES string of the molecule is CSCCN(C)CC(O)CNCC(C)C. The third kappa shape index (κ3) is 10.5. The van der Waals surface area contributed by atoms with Gasteiger partial charge in [0.1, 0.15) is 0 Å². The quantitative estimate of drug-likeness (QED) is 0.621. The molecule has 1 unspecified atom stereocenters. The van der Waals surface area contributed by atoms with Crippen molar-refractivity contribution < 1.29 is 5.11 Å². The van der Waals surface area contributed by atoms with Gasteiger partial charge in [-0.1, -0.05) is 13.8 Å². The van der Waals surface area contributed by atoms with Gasteiger partial charge < -0.3 is 15.3 Å². The van der Waals surface area contributed by atoms with Gasteiger partial charge in [-0.05, 0) is 25.8 Å². The maximum absolute atomic E-state index is 9.72. The van der Waals surface area contributed by atoms with E-state index in [2.05, 4.69) is 37.4 Å². The highest BCUT2D eigenvalue weighted by Gasteiger charge is 2.07. The zero-order chi connectivity index (χ0) is 11.7. The van der Waals surface area contributed by atoms with E-state index >= 15 is 0 Å². The van der Waals surface area contributed by atoms with Crippen molar-refractivity contribution in [1.29, 1.82) is 0 Å². The average Bonchev–Trinajstić information content (AvgIpc) is 2.14. The standard InChI is InChI=1S/C11H26N2OS/c1-10(2)7-12-8-11(14)9-13(3)5-6-15-4/h10-12,14H,5-9H2,1-4H3. The molecule has 0 fully saturated rings. The van der Waals surface area contributed by atoms with E-state index in [1.807, 2.05) is 11.8 Å². The molecule has 0 saturated carbocycles. The summed E-state index contributed by atoms with van der Waals surface area (Å²) >= 11 is 1.84. The van der Waals surface area contributed by atoms with Crippen molar-refractivity contribution in [2.45, 2.75) is 20.0 Å². The summed E-state index contributed by atoms with van der Waals surface area (Å²) < 4.78 is 0. The van der Waals surface area contributed by atoms with Crippen LogP contribution in [0.4, 0.5) is 0 Å². The van der Waals surface area contributed by atoms with E-state index in [4.69, 9.17) is 0 Å². The maximum Gasteiger partial charge on any atom is 0.0791 e. The van der Waals surface area contributed by atoms with Gasteiger partial charge in [-0.3, -0.25) is 0 Å². The molecule has 92 valence electrons. The van der Waals surface area contributed by atoms with Crippen LogP contribution in [-0.2, 0) is 0 Å². The van der Waals surface area contributed by atoms with Crippen LogP contribution in [0, 0.1) is 5.92 Å². The third-order valence-corrected chi connectivity index (χ3v) is 2.72. The molecule has 4 heteroatoms. The molecule has 0 aliphatic heterocycles. The number of aliphatic hydroxyl groups excluding tert-OH is 1. The fraction of sp³-hybridized carbons (Fsp3) is 1.00. The van der Waals surface area contributed by atoms with Crippen molar-refractivity contribution in [3.05, 3.63) is 0 Å². The molecule has 0 aliphatic rings. The molecule has 0 saturated heterocycles. The molecular formula is C11H26N2OS. The van der Waals surface area contributed by atoms with Crippen molar-refractivity contribution in [3.63, 3.8) is 0 Å². The summed E-state index contributed by atoms with van der Waals surface area (Å²) in [4.78, 5) is 2.18. The second kappa shape index (κ2) is 9.46. The third-order valence-electron chi connectivity index (χ3n) is 2.13. The lowest BCUT2D eigenvalue weighted by Crippen LogP contribution is -2.38. The van der Waals surface area contributed by atoms with E-state index in [0.29, 0.717) is 12.5 Å². The van der Waals surface area contributed by atoms with E-state index in [9.17, 15) is 5.11 Å². The van der Waals surface area contributed by atoms with Crippen LogP contribution >= 0.6 is 11.8 Å². The van der Waals surface area contributed by atoms with Crippen LogP contribution in [-0.4, -0.2) is 61.3 Å². The lowest BCUT2D eigenvalue weighted by Gasteiger charge is -2.20. The van der Waals surface area contributed by atoms with Crippen LogP contribution in [0.2, 0.25) is 0 Å². The Labute approximate surface area is 98.6 Å². The minimum absolute atomic E-state index is 0.254. The van der Waals surface area contributed by atoms with Crippen LogP contribution in [0.5, 0.6) is 0 Å². The van der Waals surface area contributed by atoms with E-state index in [-0.39, 0.29) is 6.10 Å². The number of thioether (sulfide) groups is 1. The number of hydrogen-bond donors (Lipinski definition) is 2. The first kappa shape index (κ1) is 15.2. The van der Waals surface area contributed by atoms with Gasteiger partial charge in [-0.25, -0.2) is 0 Å². The average molecular weight is 234 g/mol. The molecule has 0 spiro atoms. The zero-order valence-corrected chi connectivity index (χ0v) is 11.3. The molecule has 0 aliphatic carbocycles. The van der Waals surface area contributed by atoms with Crippen molar-refractivity contribution in [1.82, 2.24) is 10.2 Å². The van der Waals surface area contributed by atoms with E-state index in [1.165, 1.54) is 0 Å². The molecule has 3 nitrogen and oxygen atoms in total. The Bertz CT molecular complexity index is 145. The molecule has 15 heavy (non-hydrogen) atoms. The summed E-state index contributed by atoms with van der Waals surface area (Å²) in [6.07, 6.45) is 1.85. The number of rotatable bonds is 9. The van der Waals surface area contributed by atoms with Crippen molar-refractivity contribution in [2.24, 2.45) is 5.92 Å². The first-order valence-corrected chi connectivity index (χ1v) is 7.02. The molecule has 0 aromatic rings. The Morgan fingerprint density at radius 1 is 1.33 bits per heavy atom. The first-order valence-electron chi connectivity index (χ1n) is 5.62. The van der Waals surface area contributed by atoms with Crippen molar-refractivity contribution in [2.75, 3.05) is 45.2 Å². The number of likely N-dealkylation sites (N-methyl/N-ethyl adjacent to an activating group) is 1. The van der Waals surface area contributed by atoms with Gasteiger partial charge in [0, 0.05) is 25.4 Å². The van der Waals surface area contributed by atoms with E-state index in [0.717, 1.165) is 25.4 Å². The molecule has 2 N–H and O–H groups in total.